The third-order valence-corrected chi connectivity index (χ3v) is 4.21. The van der Waals surface area contributed by atoms with E-state index in [1.54, 1.807) is 25.3 Å². The predicted molar refractivity (Wildman–Crippen MR) is 82.4 cm³/mol. The first-order valence-electron chi connectivity index (χ1n) is 5.83. The summed E-state index contributed by atoms with van der Waals surface area (Å²) >= 11 is 3.24. The maximum atomic E-state index is 12.0. The summed E-state index contributed by atoms with van der Waals surface area (Å²) in [5.41, 5.74) is 1.32. The van der Waals surface area contributed by atoms with Crippen LogP contribution >= 0.6 is 15.9 Å². The molecule has 21 heavy (non-hydrogen) atoms. The van der Waals surface area contributed by atoms with Gasteiger partial charge in [-0.3, -0.25) is 9.78 Å². The van der Waals surface area contributed by atoms with Gasteiger partial charge in [0.2, 0.25) is 10.0 Å². The number of aromatic nitrogens is 1. The molecule has 0 radical (unpaired) electrons. The number of hydrogen-bond acceptors (Lipinski definition) is 4. The van der Waals surface area contributed by atoms with Gasteiger partial charge in [0.15, 0.2) is 0 Å². The van der Waals surface area contributed by atoms with E-state index in [0.717, 1.165) is 0 Å². The number of nitrogens with zero attached hydrogens (tertiary/aromatic N) is 1. The molecular formula is C13H12BrN3O3S. The molecule has 110 valence electrons. The van der Waals surface area contributed by atoms with Crippen LogP contribution in [-0.2, 0) is 10.0 Å². The molecule has 0 saturated heterocycles. The first-order valence-corrected chi connectivity index (χ1v) is 8.16. The minimum Gasteiger partial charge on any atom is -0.322 e. The summed E-state index contributed by atoms with van der Waals surface area (Å²) in [6.07, 6.45) is 3.01. The van der Waals surface area contributed by atoms with Crippen molar-refractivity contribution in [3.05, 3.63) is 52.3 Å². The lowest BCUT2D eigenvalue weighted by atomic mass is 10.2. The molecule has 1 amide bonds. The highest BCUT2D eigenvalue weighted by Gasteiger charge is 2.13. The van der Waals surface area contributed by atoms with Crippen LogP contribution in [0.15, 0.2) is 46.0 Å². The Hall–Kier alpha value is -1.77. The van der Waals surface area contributed by atoms with Crippen molar-refractivity contribution < 1.29 is 13.2 Å². The van der Waals surface area contributed by atoms with Gasteiger partial charge in [0.25, 0.3) is 5.91 Å². The lowest BCUT2D eigenvalue weighted by Crippen LogP contribution is -2.15. The topological polar surface area (TPSA) is 102 Å². The number of anilines is 1. The number of aryl methyl sites for hydroxylation is 1. The van der Waals surface area contributed by atoms with E-state index in [1.807, 2.05) is 0 Å². The van der Waals surface area contributed by atoms with Crippen LogP contribution in [-0.4, -0.2) is 19.3 Å². The predicted octanol–water partition coefficient (Wildman–Crippen LogP) is 2.05. The van der Waals surface area contributed by atoms with Gasteiger partial charge < -0.3 is 5.32 Å². The molecule has 3 N–H and O–H groups in total. The third kappa shape index (κ3) is 3.87. The van der Waals surface area contributed by atoms with Crippen molar-refractivity contribution >= 4 is 37.5 Å². The van der Waals surface area contributed by atoms with Gasteiger partial charge in [-0.15, -0.1) is 0 Å². The largest absolute Gasteiger partial charge is 0.322 e. The van der Waals surface area contributed by atoms with Gasteiger partial charge in [-0.25, -0.2) is 13.6 Å². The smallest absolute Gasteiger partial charge is 0.257 e. The molecule has 0 atom stereocenters. The molecule has 0 aliphatic carbocycles. The van der Waals surface area contributed by atoms with Crippen molar-refractivity contribution in [2.75, 3.05) is 5.32 Å². The van der Waals surface area contributed by atoms with Gasteiger partial charge in [-0.05, 0) is 52.7 Å². The molecule has 2 rings (SSSR count). The van der Waals surface area contributed by atoms with E-state index in [4.69, 9.17) is 5.14 Å². The number of benzene rings is 1. The van der Waals surface area contributed by atoms with Gasteiger partial charge in [-0.2, -0.15) is 0 Å². The average Bonchev–Trinajstić information content (AvgIpc) is 2.37. The molecule has 1 heterocycles. The molecule has 8 heteroatoms. The second-order valence-corrected chi connectivity index (χ2v) is 6.82. The van der Waals surface area contributed by atoms with Crippen LogP contribution in [0.3, 0.4) is 0 Å². The van der Waals surface area contributed by atoms with Crippen molar-refractivity contribution in [1.29, 1.82) is 0 Å². The molecule has 0 spiro atoms. The number of carbonyl (C=O) groups excluding carboxylic acids is 1. The number of hydrogen-bond donors (Lipinski definition) is 2. The zero-order valence-electron chi connectivity index (χ0n) is 11.0. The first kappa shape index (κ1) is 15.6. The van der Waals surface area contributed by atoms with E-state index in [9.17, 15) is 13.2 Å². The molecule has 1 aromatic heterocycles. The second kappa shape index (κ2) is 5.92. The highest BCUT2D eigenvalue weighted by atomic mass is 79.9. The number of rotatable bonds is 3. The van der Waals surface area contributed by atoms with Crippen LogP contribution < -0.4 is 10.5 Å². The Balaban J connectivity index is 2.25. The van der Waals surface area contributed by atoms with E-state index in [1.165, 1.54) is 18.3 Å². The van der Waals surface area contributed by atoms with Crippen LogP contribution in [0.25, 0.3) is 0 Å². The zero-order chi connectivity index (χ0) is 15.6. The fraction of sp³-hybridized carbons (Fsp3) is 0.0769. The molecule has 2 aromatic rings. The molecule has 0 saturated carbocycles. The minimum atomic E-state index is -3.77. The standard InChI is InChI=1S/C13H12BrN3O3S/c1-8-4-11(2-3-12(8)21(15,19)20)17-13(18)9-5-10(14)7-16-6-9/h2-7H,1H3,(H,17,18)(H2,15,19,20). The number of amides is 1. The van der Waals surface area contributed by atoms with E-state index in [0.29, 0.717) is 21.3 Å². The number of halogens is 1. The number of primary sulfonamides is 1. The van der Waals surface area contributed by atoms with Crippen LogP contribution in [0.5, 0.6) is 0 Å². The zero-order valence-corrected chi connectivity index (χ0v) is 13.4. The third-order valence-electron chi connectivity index (χ3n) is 2.71. The van der Waals surface area contributed by atoms with Crippen molar-refractivity contribution in [3.8, 4) is 0 Å². The number of sulfonamides is 1. The molecule has 0 aliphatic heterocycles. The Labute approximate surface area is 130 Å². The van der Waals surface area contributed by atoms with E-state index >= 15 is 0 Å². The highest BCUT2D eigenvalue weighted by molar-refractivity contribution is 9.10. The number of nitrogens with one attached hydrogen (secondary N) is 1. The van der Waals surface area contributed by atoms with Crippen LogP contribution in [0.1, 0.15) is 15.9 Å². The molecule has 0 bridgehead atoms. The Morgan fingerprint density at radius 2 is 2.00 bits per heavy atom. The summed E-state index contributed by atoms with van der Waals surface area (Å²) in [4.78, 5) is 16.0. The molecule has 1 aromatic carbocycles. The number of pyridine rings is 1. The molecule has 0 unspecified atom stereocenters. The summed E-state index contributed by atoms with van der Waals surface area (Å²) < 4.78 is 23.3. The highest BCUT2D eigenvalue weighted by Crippen LogP contribution is 2.19. The van der Waals surface area contributed by atoms with Crippen molar-refractivity contribution in [3.63, 3.8) is 0 Å². The van der Waals surface area contributed by atoms with Gasteiger partial charge in [-0.1, -0.05) is 0 Å². The monoisotopic (exact) mass is 369 g/mol. The summed E-state index contributed by atoms with van der Waals surface area (Å²) in [6.45, 7) is 1.61. The Kier molecular flexibility index (Phi) is 4.40. The lowest BCUT2D eigenvalue weighted by molar-refractivity contribution is 0.102. The maximum absolute atomic E-state index is 12.0. The Morgan fingerprint density at radius 3 is 2.57 bits per heavy atom. The minimum absolute atomic E-state index is 0.0321. The summed E-state index contributed by atoms with van der Waals surface area (Å²) in [5.74, 6) is -0.341. The Bertz CT molecular complexity index is 806. The van der Waals surface area contributed by atoms with E-state index in [-0.39, 0.29) is 10.8 Å². The van der Waals surface area contributed by atoms with Gasteiger partial charge >= 0.3 is 0 Å². The van der Waals surface area contributed by atoms with Gasteiger partial charge in [0, 0.05) is 22.6 Å². The van der Waals surface area contributed by atoms with Crippen molar-refractivity contribution in [2.45, 2.75) is 11.8 Å². The molecule has 0 fully saturated rings. The van der Waals surface area contributed by atoms with Crippen LogP contribution in [0.4, 0.5) is 5.69 Å². The van der Waals surface area contributed by atoms with Gasteiger partial charge in [0.05, 0.1) is 10.5 Å². The maximum Gasteiger partial charge on any atom is 0.257 e. The number of nitrogens with two attached hydrogens (primary N) is 1. The summed E-state index contributed by atoms with van der Waals surface area (Å²) in [6, 6.07) is 6.02. The average molecular weight is 370 g/mol. The number of carbonyl (C=O) groups is 1. The van der Waals surface area contributed by atoms with Crippen molar-refractivity contribution in [2.24, 2.45) is 5.14 Å². The van der Waals surface area contributed by atoms with Crippen molar-refractivity contribution in [1.82, 2.24) is 4.98 Å². The van der Waals surface area contributed by atoms with Gasteiger partial charge in [0.1, 0.15) is 0 Å². The van der Waals surface area contributed by atoms with Crippen LogP contribution in [0, 0.1) is 6.92 Å². The molecule has 0 aliphatic rings. The summed E-state index contributed by atoms with van der Waals surface area (Å²) in [5, 5.41) is 7.76. The molecule has 6 nitrogen and oxygen atoms in total. The van der Waals surface area contributed by atoms with E-state index < -0.39 is 10.0 Å². The second-order valence-electron chi connectivity index (χ2n) is 4.37. The summed E-state index contributed by atoms with van der Waals surface area (Å²) in [7, 11) is -3.77. The Morgan fingerprint density at radius 1 is 1.29 bits per heavy atom. The lowest BCUT2D eigenvalue weighted by Gasteiger charge is -2.08. The van der Waals surface area contributed by atoms with Crippen LogP contribution in [0.2, 0.25) is 0 Å². The SMILES string of the molecule is Cc1cc(NC(=O)c2cncc(Br)c2)ccc1S(N)(=O)=O. The fourth-order valence-electron chi connectivity index (χ4n) is 1.79. The molecular weight excluding hydrogens is 358 g/mol. The normalized spacial score (nSPS) is 11.2. The fourth-order valence-corrected chi connectivity index (χ4v) is 2.92. The quantitative estimate of drug-likeness (QED) is 0.863. The first-order chi connectivity index (χ1) is 9.77. The van der Waals surface area contributed by atoms with E-state index in [2.05, 4.69) is 26.2 Å².